The first-order valence-corrected chi connectivity index (χ1v) is 6.25. The maximum atomic E-state index is 12.2. The predicted molar refractivity (Wildman–Crippen MR) is 70.2 cm³/mol. The zero-order chi connectivity index (χ0) is 13.1. The molecule has 18 heavy (non-hydrogen) atoms. The highest BCUT2D eigenvalue weighted by atomic mass is 16.2. The molecule has 0 aliphatic carbocycles. The normalized spacial score (nSPS) is 19.9. The van der Waals surface area contributed by atoms with Gasteiger partial charge in [0.1, 0.15) is 0 Å². The van der Waals surface area contributed by atoms with Crippen LogP contribution in [0.2, 0.25) is 0 Å². The highest BCUT2D eigenvalue weighted by Gasteiger charge is 2.39. The first-order valence-electron chi connectivity index (χ1n) is 6.25. The average molecular weight is 246 g/mol. The van der Waals surface area contributed by atoms with Crippen LogP contribution in [-0.2, 0) is 9.59 Å². The van der Waals surface area contributed by atoms with E-state index in [9.17, 15) is 9.59 Å². The van der Waals surface area contributed by atoms with Gasteiger partial charge in [0.15, 0.2) is 0 Å². The van der Waals surface area contributed by atoms with Crippen molar-refractivity contribution in [3.63, 3.8) is 0 Å². The van der Waals surface area contributed by atoms with Gasteiger partial charge in [0.2, 0.25) is 5.91 Å². The van der Waals surface area contributed by atoms with Gasteiger partial charge in [0.05, 0.1) is 18.2 Å². The fraction of sp³-hybridized carbons (Fsp3) is 0.429. The molecule has 1 unspecified atom stereocenters. The second kappa shape index (κ2) is 5.31. The summed E-state index contributed by atoms with van der Waals surface area (Å²) in [6.45, 7) is 4.89. The van der Waals surface area contributed by atoms with Crippen LogP contribution in [0.15, 0.2) is 30.3 Å². The Morgan fingerprint density at radius 1 is 1.28 bits per heavy atom. The van der Waals surface area contributed by atoms with E-state index >= 15 is 0 Å². The standard InChI is InChI=1S/C14H18N2O2/c1-10(2)9-15-12-8-13(17)16(14(12)18)11-6-4-3-5-7-11/h3-7,10,12,15H,8-9H2,1-2H3. The Kier molecular flexibility index (Phi) is 3.77. The molecule has 1 saturated heterocycles. The van der Waals surface area contributed by atoms with Crippen molar-refractivity contribution in [3.05, 3.63) is 30.3 Å². The van der Waals surface area contributed by atoms with Gasteiger partial charge in [-0.05, 0) is 24.6 Å². The third-order valence-electron chi connectivity index (χ3n) is 2.93. The van der Waals surface area contributed by atoms with Crippen LogP contribution in [0.3, 0.4) is 0 Å². The highest BCUT2D eigenvalue weighted by molar-refractivity contribution is 6.22. The van der Waals surface area contributed by atoms with Gasteiger partial charge in [-0.1, -0.05) is 32.0 Å². The molecule has 0 radical (unpaired) electrons. The quantitative estimate of drug-likeness (QED) is 0.820. The number of imide groups is 1. The SMILES string of the molecule is CC(C)CNC1CC(=O)N(c2ccccc2)C1=O. The molecule has 1 N–H and O–H groups in total. The summed E-state index contributed by atoms with van der Waals surface area (Å²) < 4.78 is 0. The molecule has 4 heteroatoms. The van der Waals surface area contributed by atoms with Gasteiger partial charge in [0.25, 0.3) is 5.91 Å². The first kappa shape index (κ1) is 12.8. The summed E-state index contributed by atoms with van der Waals surface area (Å²) in [5, 5.41) is 3.15. The van der Waals surface area contributed by atoms with Gasteiger partial charge in [-0.15, -0.1) is 0 Å². The van der Waals surface area contributed by atoms with E-state index in [1.165, 1.54) is 4.90 Å². The lowest BCUT2D eigenvalue weighted by molar-refractivity contribution is -0.121. The lowest BCUT2D eigenvalue weighted by Crippen LogP contribution is -2.40. The van der Waals surface area contributed by atoms with E-state index in [0.717, 1.165) is 6.54 Å². The maximum Gasteiger partial charge on any atom is 0.251 e. The second-order valence-corrected chi connectivity index (χ2v) is 4.96. The number of amides is 2. The number of para-hydroxylation sites is 1. The highest BCUT2D eigenvalue weighted by Crippen LogP contribution is 2.22. The Balaban J connectivity index is 2.10. The van der Waals surface area contributed by atoms with Crippen molar-refractivity contribution < 1.29 is 9.59 Å². The van der Waals surface area contributed by atoms with Gasteiger partial charge in [-0.3, -0.25) is 9.59 Å². The first-order chi connectivity index (χ1) is 8.59. The zero-order valence-corrected chi connectivity index (χ0v) is 10.7. The monoisotopic (exact) mass is 246 g/mol. The van der Waals surface area contributed by atoms with Crippen LogP contribution in [0.1, 0.15) is 20.3 Å². The molecule has 1 heterocycles. The second-order valence-electron chi connectivity index (χ2n) is 4.96. The van der Waals surface area contributed by atoms with Crippen molar-refractivity contribution in [2.45, 2.75) is 26.3 Å². The van der Waals surface area contributed by atoms with E-state index in [1.54, 1.807) is 12.1 Å². The lowest BCUT2D eigenvalue weighted by Gasteiger charge is -2.16. The number of benzene rings is 1. The number of carbonyl (C=O) groups excluding carboxylic acids is 2. The average Bonchev–Trinajstić information content (AvgIpc) is 2.63. The Hall–Kier alpha value is -1.68. The predicted octanol–water partition coefficient (Wildman–Crippen LogP) is 1.56. The maximum absolute atomic E-state index is 12.2. The molecule has 96 valence electrons. The van der Waals surface area contributed by atoms with Crippen LogP contribution >= 0.6 is 0 Å². The largest absolute Gasteiger partial charge is 0.305 e. The van der Waals surface area contributed by atoms with Gasteiger partial charge in [0, 0.05) is 0 Å². The number of hydrogen-bond acceptors (Lipinski definition) is 3. The smallest absolute Gasteiger partial charge is 0.251 e. The summed E-state index contributed by atoms with van der Waals surface area (Å²) in [7, 11) is 0. The van der Waals surface area contributed by atoms with Crippen molar-refractivity contribution in [2.75, 3.05) is 11.4 Å². The van der Waals surface area contributed by atoms with Crippen LogP contribution < -0.4 is 10.2 Å². The van der Waals surface area contributed by atoms with E-state index in [2.05, 4.69) is 19.2 Å². The zero-order valence-electron chi connectivity index (χ0n) is 10.7. The lowest BCUT2D eigenvalue weighted by atomic mass is 10.2. The van der Waals surface area contributed by atoms with Gasteiger partial charge >= 0.3 is 0 Å². The molecule has 1 aromatic carbocycles. The van der Waals surface area contributed by atoms with Crippen molar-refractivity contribution in [3.8, 4) is 0 Å². The van der Waals surface area contributed by atoms with Crippen LogP contribution in [0.25, 0.3) is 0 Å². The molecule has 1 aromatic rings. The minimum absolute atomic E-state index is 0.132. The number of nitrogens with one attached hydrogen (secondary N) is 1. The summed E-state index contributed by atoms with van der Waals surface area (Å²) in [6, 6.07) is 8.69. The summed E-state index contributed by atoms with van der Waals surface area (Å²) in [6.07, 6.45) is 0.250. The molecular weight excluding hydrogens is 228 g/mol. The summed E-state index contributed by atoms with van der Waals surface area (Å²) in [4.78, 5) is 25.4. The number of carbonyl (C=O) groups is 2. The molecule has 1 atom stereocenters. The summed E-state index contributed by atoms with van der Waals surface area (Å²) in [5.74, 6) is 0.179. The van der Waals surface area contributed by atoms with Gasteiger partial charge < -0.3 is 5.32 Å². The van der Waals surface area contributed by atoms with Crippen molar-refractivity contribution in [1.29, 1.82) is 0 Å². The van der Waals surface area contributed by atoms with E-state index in [0.29, 0.717) is 11.6 Å². The fourth-order valence-corrected chi connectivity index (χ4v) is 2.02. The topological polar surface area (TPSA) is 49.4 Å². The van der Waals surface area contributed by atoms with Crippen molar-refractivity contribution in [2.24, 2.45) is 5.92 Å². The summed E-state index contributed by atoms with van der Waals surface area (Å²) >= 11 is 0. The molecule has 1 aliphatic rings. The number of rotatable bonds is 4. The van der Waals surface area contributed by atoms with Gasteiger partial charge in [-0.2, -0.15) is 0 Å². The molecule has 0 aromatic heterocycles. The van der Waals surface area contributed by atoms with Crippen molar-refractivity contribution in [1.82, 2.24) is 5.32 Å². The third kappa shape index (κ3) is 2.59. The van der Waals surface area contributed by atoms with E-state index in [-0.39, 0.29) is 24.3 Å². The van der Waals surface area contributed by atoms with Crippen molar-refractivity contribution >= 4 is 17.5 Å². The van der Waals surface area contributed by atoms with Crippen LogP contribution in [-0.4, -0.2) is 24.4 Å². The number of hydrogen-bond donors (Lipinski definition) is 1. The molecule has 2 rings (SSSR count). The summed E-state index contributed by atoms with van der Waals surface area (Å²) in [5.41, 5.74) is 0.654. The fourth-order valence-electron chi connectivity index (χ4n) is 2.02. The minimum Gasteiger partial charge on any atom is -0.305 e. The van der Waals surface area contributed by atoms with E-state index in [1.807, 2.05) is 18.2 Å². The van der Waals surface area contributed by atoms with E-state index in [4.69, 9.17) is 0 Å². The molecule has 1 aliphatic heterocycles. The molecule has 2 amide bonds. The molecule has 1 fully saturated rings. The molecular formula is C14H18N2O2. The van der Waals surface area contributed by atoms with Gasteiger partial charge in [-0.25, -0.2) is 4.90 Å². The van der Waals surface area contributed by atoms with E-state index < -0.39 is 0 Å². The Morgan fingerprint density at radius 3 is 2.56 bits per heavy atom. The Labute approximate surface area is 107 Å². The van der Waals surface area contributed by atoms with Crippen LogP contribution in [0.5, 0.6) is 0 Å². The van der Waals surface area contributed by atoms with Crippen LogP contribution in [0.4, 0.5) is 5.69 Å². The Bertz CT molecular complexity index is 442. The number of nitrogens with zero attached hydrogens (tertiary/aromatic N) is 1. The third-order valence-corrected chi connectivity index (χ3v) is 2.93. The minimum atomic E-state index is -0.375. The Morgan fingerprint density at radius 2 is 1.94 bits per heavy atom. The number of anilines is 1. The molecule has 0 spiro atoms. The molecule has 0 bridgehead atoms. The molecule has 0 saturated carbocycles. The van der Waals surface area contributed by atoms with Crippen LogP contribution in [0, 0.1) is 5.92 Å². The molecule has 4 nitrogen and oxygen atoms in total.